The van der Waals surface area contributed by atoms with Crippen LogP contribution in [-0.4, -0.2) is 55.4 Å². The summed E-state index contributed by atoms with van der Waals surface area (Å²) in [5, 5.41) is 6.76. The summed E-state index contributed by atoms with van der Waals surface area (Å²) in [6.45, 7) is 14.7. The number of pyridine rings is 1. The molecule has 3 aromatic heterocycles. The minimum absolute atomic E-state index is 0.171. The van der Waals surface area contributed by atoms with Gasteiger partial charge in [0.2, 0.25) is 11.8 Å². The number of halogens is 1. The van der Waals surface area contributed by atoms with E-state index in [4.69, 9.17) is 0 Å². The Balaban J connectivity index is 0.00000141. The number of carbonyl (C=O) groups excluding carboxylic acids is 2. The van der Waals surface area contributed by atoms with Gasteiger partial charge in [0.1, 0.15) is 17.6 Å². The highest BCUT2D eigenvalue weighted by molar-refractivity contribution is 7.18. The average Bonchev–Trinajstić information content (AvgIpc) is 3.76. The number of anilines is 1. The quantitative estimate of drug-likeness (QED) is 0.253. The van der Waals surface area contributed by atoms with Crippen LogP contribution in [-0.2, 0) is 16.1 Å². The molecule has 1 saturated heterocycles. The number of likely N-dealkylation sites (tertiary alicyclic amines) is 1. The lowest BCUT2D eigenvalue weighted by Crippen LogP contribution is -2.46. The van der Waals surface area contributed by atoms with Gasteiger partial charge >= 0.3 is 0 Å². The fourth-order valence-electron chi connectivity index (χ4n) is 4.16. The fourth-order valence-corrected chi connectivity index (χ4v) is 5.03. The summed E-state index contributed by atoms with van der Waals surface area (Å²) >= 11 is 1.30. The van der Waals surface area contributed by atoms with Gasteiger partial charge in [-0.1, -0.05) is 38.3 Å². The van der Waals surface area contributed by atoms with Crippen LogP contribution in [0, 0.1) is 18.7 Å². The van der Waals surface area contributed by atoms with E-state index >= 15 is 0 Å². The first kappa shape index (κ1) is 32.7. The van der Waals surface area contributed by atoms with Gasteiger partial charge in [0.25, 0.3) is 0 Å². The maximum absolute atomic E-state index is 14.1. The summed E-state index contributed by atoms with van der Waals surface area (Å²) in [5.41, 5.74) is 2.56. The van der Waals surface area contributed by atoms with Crippen molar-refractivity contribution in [1.82, 2.24) is 29.7 Å². The number of hydrogen-bond donors (Lipinski definition) is 2. The van der Waals surface area contributed by atoms with Crippen molar-refractivity contribution in [2.75, 3.05) is 18.4 Å². The number of nitrogens with one attached hydrogen (secondary N) is 2. The summed E-state index contributed by atoms with van der Waals surface area (Å²) in [7, 11) is 0. The third-order valence-corrected chi connectivity index (χ3v) is 6.84. The van der Waals surface area contributed by atoms with Crippen LogP contribution in [0.1, 0.15) is 45.0 Å². The molecule has 2 amide bonds. The monoisotopic (exact) mass is 577 g/mol. The molecule has 0 aliphatic carbocycles. The van der Waals surface area contributed by atoms with Crippen molar-refractivity contribution < 1.29 is 14.0 Å². The standard InChI is InChI=1S/C26H28FN7O2S.C2H6.C2H2/c1-4-19-21(14-17(3)32-26-30-15-22(37-26)24-18(27)8-6-10-28-24)33(16-31-19)13-11-29-25(36)20-9-7-12-34(20)23(35)5-2;2*1-2/h4-6,8,10,14-16,20H,1-2,7,9,11-13H2,3H3,(H,29,36)(H,30,32);1-2H3;1-2H/b17-14+;;. The average molecular weight is 578 g/mol. The number of thiazole rings is 1. The number of aromatic nitrogens is 4. The lowest BCUT2D eigenvalue weighted by atomic mass is 10.2. The molecule has 0 saturated carbocycles. The predicted octanol–water partition coefficient (Wildman–Crippen LogP) is 5.23. The molecule has 41 heavy (non-hydrogen) atoms. The van der Waals surface area contributed by atoms with Gasteiger partial charge in [-0.3, -0.25) is 14.6 Å². The van der Waals surface area contributed by atoms with E-state index in [1.165, 1.54) is 23.5 Å². The number of carbonyl (C=O) groups is 2. The predicted molar refractivity (Wildman–Crippen MR) is 164 cm³/mol. The number of nitrogens with zero attached hydrogens (tertiary/aromatic N) is 5. The Bertz CT molecular complexity index is 1390. The zero-order chi connectivity index (χ0) is 30.4. The van der Waals surface area contributed by atoms with E-state index in [9.17, 15) is 14.0 Å². The second-order valence-corrected chi connectivity index (χ2v) is 9.44. The highest BCUT2D eigenvalue weighted by Crippen LogP contribution is 2.30. The number of imidazole rings is 1. The third-order valence-electron chi connectivity index (χ3n) is 5.92. The molecule has 1 unspecified atom stereocenters. The molecule has 4 heterocycles. The van der Waals surface area contributed by atoms with E-state index in [2.05, 4.69) is 51.6 Å². The van der Waals surface area contributed by atoms with Crippen molar-refractivity contribution in [2.24, 2.45) is 0 Å². The Kier molecular flexibility index (Phi) is 13.2. The Morgan fingerprint density at radius 3 is 2.68 bits per heavy atom. The van der Waals surface area contributed by atoms with Gasteiger partial charge in [0.05, 0.1) is 22.6 Å². The number of allylic oxidation sites excluding steroid dienone is 1. The molecule has 0 bridgehead atoms. The molecule has 0 aromatic carbocycles. The summed E-state index contributed by atoms with van der Waals surface area (Å²) in [6.07, 6.45) is 19.1. The van der Waals surface area contributed by atoms with Gasteiger partial charge in [-0.2, -0.15) is 0 Å². The van der Waals surface area contributed by atoms with E-state index in [0.717, 1.165) is 17.8 Å². The third kappa shape index (κ3) is 8.46. The van der Waals surface area contributed by atoms with E-state index in [1.807, 2.05) is 31.4 Å². The van der Waals surface area contributed by atoms with Gasteiger partial charge in [0, 0.05) is 37.7 Å². The highest BCUT2D eigenvalue weighted by Gasteiger charge is 2.32. The smallest absolute Gasteiger partial charge is 0.246 e. The van der Waals surface area contributed by atoms with Crippen molar-refractivity contribution in [2.45, 2.75) is 46.2 Å². The number of amides is 2. The minimum atomic E-state index is -0.467. The first-order valence-corrected chi connectivity index (χ1v) is 14.0. The topological polar surface area (TPSA) is 105 Å². The fraction of sp³-hybridized carbons (Fsp3) is 0.300. The van der Waals surface area contributed by atoms with Gasteiger partial charge < -0.3 is 20.1 Å². The largest absolute Gasteiger partial charge is 0.353 e. The molecule has 216 valence electrons. The van der Waals surface area contributed by atoms with E-state index in [1.54, 1.807) is 35.8 Å². The van der Waals surface area contributed by atoms with Crippen LogP contribution in [0.25, 0.3) is 22.7 Å². The maximum Gasteiger partial charge on any atom is 0.246 e. The molecule has 0 spiro atoms. The molecule has 1 fully saturated rings. The Labute approximate surface area is 244 Å². The maximum atomic E-state index is 14.1. The molecule has 11 heteroatoms. The Morgan fingerprint density at radius 2 is 2.00 bits per heavy atom. The first-order chi connectivity index (χ1) is 19.9. The van der Waals surface area contributed by atoms with Crippen molar-refractivity contribution in [3.8, 4) is 23.4 Å². The molecule has 3 aromatic rings. The molecule has 0 radical (unpaired) electrons. The van der Waals surface area contributed by atoms with Gasteiger partial charge in [-0.05, 0) is 50.1 Å². The molecule has 1 aliphatic heterocycles. The number of terminal acetylenes is 1. The van der Waals surface area contributed by atoms with Gasteiger partial charge in [-0.15, -0.1) is 12.8 Å². The summed E-state index contributed by atoms with van der Waals surface area (Å²) in [5.74, 6) is -0.795. The molecular weight excluding hydrogens is 541 g/mol. The summed E-state index contributed by atoms with van der Waals surface area (Å²) < 4.78 is 16.0. The van der Waals surface area contributed by atoms with Crippen LogP contribution in [0.5, 0.6) is 0 Å². The number of rotatable bonds is 10. The Morgan fingerprint density at radius 1 is 1.24 bits per heavy atom. The molecule has 9 nitrogen and oxygen atoms in total. The molecule has 4 rings (SSSR count). The zero-order valence-electron chi connectivity index (χ0n) is 23.6. The van der Waals surface area contributed by atoms with E-state index < -0.39 is 11.9 Å². The lowest BCUT2D eigenvalue weighted by molar-refractivity contribution is -0.135. The van der Waals surface area contributed by atoms with Crippen molar-refractivity contribution >= 4 is 40.4 Å². The molecular formula is C30H36FN7O2S. The number of hydrogen-bond acceptors (Lipinski definition) is 7. The minimum Gasteiger partial charge on any atom is -0.353 e. The molecule has 2 N–H and O–H groups in total. The van der Waals surface area contributed by atoms with Crippen LogP contribution in [0.4, 0.5) is 9.52 Å². The van der Waals surface area contributed by atoms with Crippen LogP contribution in [0.3, 0.4) is 0 Å². The van der Waals surface area contributed by atoms with E-state index in [-0.39, 0.29) is 17.5 Å². The second-order valence-electron chi connectivity index (χ2n) is 8.41. The summed E-state index contributed by atoms with van der Waals surface area (Å²) in [4.78, 5) is 39.7. The zero-order valence-corrected chi connectivity index (χ0v) is 24.5. The normalized spacial score (nSPS) is 14.1. The van der Waals surface area contributed by atoms with Crippen molar-refractivity contribution in [1.29, 1.82) is 0 Å². The SMILES string of the molecule is C#C.C=CC(=O)N1CCCC1C(=O)NCCn1cnc(C=C)c1/C=C(\C)Nc1ncc(-c2ncccc2F)s1.CC. The lowest BCUT2D eigenvalue weighted by Gasteiger charge is -2.22. The Hall–Kier alpha value is -4.56. The molecule has 1 aliphatic rings. The first-order valence-electron chi connectivity index (χ1n) is 13.1. The molecule has 1 atom stereocenters. The highest BCUT2D eigenvalue weighted by atomic mass is 32.1. The van der Waals surface area contributed by atoms with Crippen LogP contribution in [0.2, 0.25) is 0 Å². The van der Waals surface area contributed by atoms with Crippen LogP contribution in [0.15, 0.2) is 55.8 Å². The van der Waals surface area contributed by atoms with Crippen LogP contribution >= 0.6 is 11.3 Å². The van der Waals surface area contributed by atoms with Gasteiger partial charge in [0.15, 0.2) is 5.13 Å². The van der Waals surface area contributed by atoms with Gasteiger partial charge in [-0.25, -0.2) is 14.4 Å². The van der Waals surface area contributed by atoms with E-state index in [0.29, 0.717) is 41.8 Å². The van der Waals surface area contributed by atoms with Crippen molar-refractivity contribution in [3.05, 3.63) is 73.0 Å². The van der Waals surface area contributed by atoms with Crippen molar-refractivity contribution in [3.63, 3.8) is 0 Å². The summed E-state index contributed by atoms with van der Waals surface area (Å²) in [6, 6.07) is 2.45. The second kappa shape index (κ2) is 16.5. The van der Waals surface area contributed by atoms with Crippen LogP contribution < -0.4 is 10.6 Å².